The molecule has 3 unspecified atom stereocenters. The second-order valence-corrected chi connectivity index (χ2v) is 9.60. The number of nitrogens with zero attached hydrogens (tertiary/aromatic N) is 2. The van der Waals surface area contributed by atoms with Crippen molar-refractivity contribution in [2.45, 2.75) is 63.7 Å². The average Bonchev–Trinajstić information content (AvgIpc) is 2.84. The number of piperidine rings is 1. The molecule has 0 spiro atoms. The van der Waals surface area contributed by atoms with Crippen molar-refractivity contribution in [1.82, 2.24) is 9.96 Å². The van der Waals surface area contributed by atoms with Crippen molar-refractivity contribution in [3.63, 3.8) is 0 Å². The van der Waals surface area contributed by atoms with E-state index in [9.17, 15) is 24.9 Å². The molecule has 1 saturated heterocycles. The first-order chi connectivity index (χ1) is 17.2. The maximum atomic E-state index is 13.0. The predicted octanol–water partition coefficient (Wildman–Crippen LogP) is 3.35. The van der Waals surface area contributed by atoms with E-state index in [1.54, 1.807) is 43.2 Å². The summed E-state index contributed by atoms with van der Waals surface area (Å²) in [5.41, 5.74) is 0.0499. The maximum Gasteiger partial charge on any atom is 0.342 e. The molecule has 1 aromatic rings. The molecule has 0 aromatic heterocycles. The lowest BCUT2D eigenvalue weighted by molar-refractivity contribution is -0.176. The van der Waals surface area contributed by atoms with Gasteiger partial charge in [-0.3, -0.25) is 9.63 Å². The third kappa shape index (κ3) is 7.46. The number of cyclic esters (lactones) is 1. The third-order valence-electron chi connectivity index (χ3n) is 6.38. The minimum absolute atomic E-state index is 0.0520. The van der Waals surface area contributed by atoms with Crippen LogP contribution in [0.2, 0.25) is 5.02 Å². The lowest BCUT2D eigenvalue weighted by Crippen LogP contribution is -2.41. The number of likely N-dealkylation sites (N-methyl/N-ethyl adjacent to an activating group) is 1. The molecular formula is C26H35ClN2O7. The molecule has 2 aliphatic rings. The molecule has 1 amide bonds. The van der Waals surface area contributed by atoms with Crippen LogP contribution in [0.4, 0.5) is 0 Å². The number of hydrogen-bond donors (Lipinski definition) is 3. The number of carbonyl (C=O) groups excluding carboxylic acids is 2. The van der Waals surface area contributed by atoms with E-state index in [4.69, 9.17) is 21.2 Å². The van der Waals surface area contributed by atoms with Crippen LogP contribution in [0, 0.1) is 0 Å². The normalized spacial score (nSPS) is 23.8. The number of halogens is 1. The molecule has 198 valence electrons. The third-order valence-corrected chi connectivity index (χ3v) is 6.80. The quantitative estimate of drug-likeness (QED) is 0.313. The molecule has 0 bridgehead atoms. The van der Waals surface area contributed by atoms with Crippen molar-refractivity contribution in [2.75, 3.05) is 26.7 Å². The highest BCUT2D eigenvalue weighted by Gasteiger charge is 2.28. The second kappa shape index (κ2) is 13.1. The van der Waals surface area contributed by atoms with Crippen LogP contribution in [0.5, 0.6) is 11.5 Å². The van der Waals surface area contributed by atoms with Crippen molar-refractivity contribution in [3.8, 4) is 11.5 Å². The van der Waals surface area contributed by atoms with Crippen LogP contribution in [0.3, 0.4) is 0 Å². The molecule has 2 heterocycles. The number of phenols is 2. The molecule has 1 aromatic carbocycles. The van der Waals surface area contributed by atoms with Crippen LogP contribution in [0.1, 0.15) is 54.9 Å². The molecular weight excluding hydrogens is 488 g/mol. The summed E-state index contributed by atoms with van der Waals surface area (Å²) in [7, 11) is 1.65. The monoisotopic (exact) mass is 522 g/mol. The van der Waals surface area contributed by atoms with Gasteiger partial charge in [0.05, 0.1) is 17.2 Å². The first-order valence-corrected chi connectivity index (χ1v) is 12.6. The van der Waals surface area contributed by atoms with Gasteiger partial charge >= 0.3 is 5.97 Å². The van der Waals surface area contributed by atoms with Gasteiger partial charge in [-0.2, -0.15) is 5.06 Å². The Morgan fingerprint density at radius 2 is 1.86 bits per heavy atom. The summed E-state index contributed by atoms with van der Waals surface area (Å²) in [6.45, 7) is 2.96. The smallest absolute Gasteiger partial charge is 0.342 e. The molecule has 10 heteroatoms. The molecule has 1 fully saturated rings. The van der Waals surface area contributed by atoms with Crippen LogP contribution >= 0.6 is 11.6 Å². The SMILES string of the molecule is CC1CC=CC(O)CC=CC(N(C)OCC(=O)N2CCCCC2)Cc2c(Cl)c(O)cc(O)c2C(=O)O1. The van der Waals surface area contributed by atoms with E-state index in [-0.39, 0.29) is 40.8 Å². The molecule has 2 aliphatic heterocycles. The molecule has 3 rings (SSSR count). The Hall–Kier alpha value is -2.59. The fourth-order valence-electron chi connectivity index (χ4n) is 4.29. The van der Waals surface area contributed by atoms with Crippen molar-refractivity contribution in [3.05, 3.63) is 46.5 Å². The Morgan fingerprint density at radius 1 is 1.17 bits per heavy atom. The summed E-state index contributed by atoms with van der Waals surface area (Å²) in [4.78, 5) is 33.1. The predicted molar refractivity (Wildman–Crippen MR) is 135 cm³/mol. The van der Waals surface area contributed by atoms with Gasteiger partial charge in [-0.1, -0.05) is 35.9 Å². The van der Waals surface area contributed by atoms with Crippen molar-refractivity contribution >= 4 is 23.5 Å². The fourth-order valence-corrected chi connectivity index (χ4v) is 4.51. The lowest BCUT2D eigenvalue weighted by atomic mass is 9.97. The molecule has 3 atom stereocenters. The topological polar surface area (TPSA) is 120 Å². The van der Waals surface area contributed by atoms with Gasteiger partial charge in [0.15, 0.2) is 0 Å². The molecule has 3 N–H and O–H groups in total. The number of fused-ring (bicyclic) bond motifs is 1. The highest BCUT2D eigenvalue weighted by Crippen LogP contribution is 2.38. The van der Waals surface area contributed by atoms with Gasteiger partial charge in [0.2, 0.25) is 0 Å². The van der Waals surface area contributed by atoms with Crippen molar-refractivity contribution < 1.29 is 34.5 Å². The van der Waals surface area contributed by atoms with Gasteiger partial charge < -0.3 is 25.0 Å². The fraction of sp³-hybridized carbons (Fsp3) is 0.538. The summed E-state index contributed by atoms with van der Waals surface area (Å²) in [5.74, 6) is -1.72. The first-order valence-electron chi connectivity index (χ1n) is 12.3. The van der Waals surface area contributed by atoms with E-state index in [0.29, 0.717) is 25.9 Å². The molecule has 0 aliphatic carbocycles. The zero-order valence-electron chi connectivity index (χ0n) is 20.7. The zero-order chi connectivity index (χ0) is 26.2. The second-order valence-electron chi connectivity index (χ2n) is 9.23. The molecule has 0 saturated carbocycles. The van der Waals surface area contributed by atoms with Crippen molar-refractivity contribution in [1.29, 1.82) is 0 Å². The number of esters is 1. The van der Waals surface area contributed by atoms with Gasteiger partial charge in [-0.25, -0.2) is 4.79 Å². The van der Waals surface area contributed by atoms with E-state index >= 15 is 0 Å². The van der Waals surface area contributed by atoms with Gasteiger partial charge in [0.1, 0.15) is 29.8 Å². The van der Waals surface area contributed by atoms with E-state index < -0.39 is 30.0 Å². The summed E-state index contributed by atoms with van der Waals surface area (Å²) >= 11 is 6.39. The summed E-state index contributed by atoms with van der Waals surface area (Å²) in [6.07, 6.45) is 9.45. The number of aromatic hydroxyl groups is 2. The van der Waals surface area contributed by atoms with E-state index in [1.807, 2.05) is 0 Å². The molecule has 36 heavy (non-hydrogen) atoms. The summed E-state index contributed by atoms with van der Waals surface area (Å²) < 4.78 is 5.49. The Kier molecular flexibility index (Phi) is 10.2. The lowest BCUT2D eigenvalue weighted by Gasteiger charge is -2.29. The number of phenolic OH excluding ortho intramolecular Hbond substituents is 2. The highest BCUT2D eigenvalue weighted by atomic mass is 35.5. The number of aliphatic hydroxyl groups excluding tert-OH is 1. The number of aliphatic hydroxyl groups is 1. The number of likely N-dealkylation sites (tertiary alicyclic amines) is 1. The Balaban J connectivity index is 1.89. The summed E-state index contributed by atoms with van der Waals surface area (Å²) in [6, 6.07) is 0.454. The van der Waals surface area contributed by atoms with Gasteiger partial charge in [0, 0.05) is 32.6 Å². The first kappa shape index (κ1) is 28.0. The number of benzene rings is 1. The number of ether oxygens (including phenoxy) is 1. The van der Waals surface area contributed by atoms with E-state index in [2.05, 4.69) is 0 Å². The standard InChI is InChI=1S/C26H35ClN2O7/c1-17-8-6-10-19(30)11-7-9-18(28(2)35-16-23(33)29-12-4-3-5-13-29)14-20-24(26(34)36-17)21(31)15-22(32)25(20)27/h6-7,9-10,15,17-19,30-32H,3-5,8,11-14,16H2,1-2H3. The van der Waals surface area contributed by atoms with Gasteiger partial charge in [-0.05, 0) is 44.6 Å². The number of hydroxylamine groups is 2. The Morgan fingerprint density at radius 3 is 2.58 bits per heavy atom. The summed E-state index contributed by atoms with van der Waals surface area (Å²) in [5, 5.41) is 32.4. The van der Waals surface area contributed by atoms with Crippen LogP contribution in [0.25, 0.3) is 0 Å². The van der Waals surface area contributed by atoms with Crippen LogP contribution < -0.4 is 0 Å². The minimum atomic E-state index is -0.783. The molecule has 9 nitrogen and oxygen atoms in total. The number of carbonyl (C=O) groups is 2. The number of rotatable bonds is 4. The minimum Gasteiger partial charge on any atom is -0.507 e. The van der Waals surface area contributed by atoms with Crippen LogP contribution in [-0.2, 0) is 20.8 Å². The number of hydrogen-bond acceptors (Lipinski definition) is 8. The van der Waals surface area contributed by atoms with E-state index in [1.165, 1.54) is 5.06 Å². The van der Waals surface area contributed by atoms with E-state index in [0.717, 1.165) is 25.3 Å². The Labute approximate surface area is 216 Å². The zero-order valence-corrected chi connectivity index (χ0v) is 21.5. The van der Waals surface area contributed by atoms with Gasteiger partial charge in [0.25, 0.3) is 5.91 Å². The van der Waals surface area contributed by atoms with Crippen LogP contribution in [-0.4, -0.2) is 82.2 Å². The highest BCUT2D eigenvalue weighted by molar-refractivity contribution is 6.33. The molecule has 0 radical (unpaired) electrons. The number of amides is 1. The van der Waals surface area contributed by atoms with Gasteiger partial charge in [-0.15, -0.1) is 0 Å². The van der Waals surface area contributed by atoms with Crippen molar-refractivity contribution in [2.24, 2.45) is 0 Å². The maximum absolute atomic E-state index is 13.0. The average molecular weight is 523 g/mol. The largest absolute Gasteiger partial charge is 0.507 e. The van der Waals surface area contributed by atoms with Crippen LogP contribution in [0.15, 0.2) is 30.4 Å². The Bertz CT molecular complexity index is 991.